The normalized spacial score (nSPS) is 51.9. The Morgan fingerprint density at radius 2 is 0.533 bits per heavy atom. The first-order chi connectivity index (χ1) is 22.1. The molecule has 10 nitrogen and oxygen atoms in total. The number of carbonyl (C=O) groups excluding carboxylic acids is 1. The zero-order valence-corrected chi connectivity index (χ0v) is 33.6. The molecule has 11 heteroatoms. The zero-order chi connectivity index (χ0) is 30.5. The van der Waals surface area contributed by atoms with Crippen LogP contribution in [0.2, 0.25) is 0 Å². The number of rotatable bonds is 0. The SMILES string of the molecule is C1CCC2C3NC(NC4NC(NC5NC(NC6NC(N3)C3CCCCC63)C3CCCCC53)C3CCCCC43)C2C1.CC(=O)[O][InH2]. The first-order valence-corrected chi connectivity index (χ1v) is 21.5. The fraction of sp³-hybridized carbons (Fsp3) is 0.971. The van der Waals surface area contributed by atoms with Crippen molar-refractivity contribution >= 4 is 30.8 Å². The second-order valence-corrected chi connectivity index (χ2v) is 17.5. The number of hydrogen-bond donors (Lipinski definition) is 8. The Kier molecular flexibility index (Phi) is 10.1. The van der Waals surface area contributed by atoms with Crippen molar-refractivity contribution in [3.05, 3.63) is 0 Å². The van der Waals surface area contributed by atoms with Gasteiger partial charge in [-0.1, -0.05) is 51.4 Å². The van der Waals surface area contributed by atoms with Crippen molar-refractivity contribution in [2.24, 2.45) is 47.3 Å². The number of nitrogens with one attached hydrogen (secondary N) is 8. The predicted octanol–water partition coefficient (Wildman–Crippen LogP) is 1.70. The van der Waals surface area contributed by atoms with Gasteiger partial charge in [0.25, 0.3) is 0 Å². The Bertz CT molecular complexity index is 832. The molecule has 5 saturated heterocycles. The monoisotopic (exact) mass is 728 g/mol. The fourth-order valence-electron chi connectivity index (χ4n) is 12.0. The van der Waals surface area contributed by atoms with E-state index in [0.717, 1.165) is 47.3 Å². The summed E-state index contributed by atoms with van der Waals surface area (Å²) in [6.07, 6.45) is 25.6. The molecule has 0 radical (unpaired) electrons. The van der Waals surface area contributed by atoms with Gasteiger partial charge in [0.15, 0.2) is 0 Å². The third-order valence-electron chi connectivity index (χ3n) is 14.1. The fourth-order valence-corrected chi connectivity index (χ4v) is 12.0. The molecular formula is C34H61InN8O2. The van der Waals surface area contributed by atoms with Crippen LogP contribution in [-0.2, 0) is 7.65 Å². The number of carbonyl (C=O) groups is 1. The molecule has 45 heavy (non-hydrogen) atoms. The standard InChI is InChI=1S/C32H56N8.C2H4O2.In.2H/c1-2-10-18-17(9-1)25-33-26(18)38-28-21-13-5-6-14-22(21)30(35-28)40-32-24-16-8-7-15-23(24)31(36-32)39-29-20-12-4-3-11-19(20)27(34-29)37-25;1-2(3)4;;;/h17-40H,1-16H2;1H3,(H,3,4);;;/q;;+1;;/p-1. The van der Waals surface area contributed by atoms with E-state index in [0.29, 0.717) is 49.3 Å². The van der Waals surface area contributed by atoms with E-state index < -0.39 is 0 Å². The molecule has 4 saturated carbocycles. The van der Waals surface area contributed by atoms with E-state index in [2.05, 4.69) is 45.4 Å². The first-order valence-electron chi connectivity index (χ1n) is 19.2. The zero-order valence-electron chi connectivity index (χ0n) is 27.9. The van der Waals surface area contributed by atoms with E-state index in [1.165, 1.54) is 110 Å². The van der Waals surface area contributed by atoms with E-state index in [1.807, 2.05) is 0 Å². The summed E-state index contributed by atoms with van der Waals surface area (Å²) in [6, 6.07) is 0. The van der Waals surface area contributed by atoms with Crippen LogP contribution in [0.5, 0.6) is 0 Å². The summed E-state index contributed by atoms with van der Waals surface area (Å²) in [5, 5.41) is 33.8. The average Bonchev–Trinajstić information content (AvgIpc) is 3.81. The molecule has 9 aliphatic rings. The third kappa shape index (κ3) is 6.42. The molecule has 252 valence electrons. The minimum atomic E-state index is -0.152. The molecule has 8 bridgehead atoms. The van der Waals surface area contributed by atoms with Crippen LogP contribution in [0.1, 0.15) is 110 Å². The van der Waals surface area contributed by atoms with Crippen LogP contribution in [0.3, 0.4) is 0 Å². The summed E-state index contributed by atoms with van der Waals surface area (Å²) in [4.78, 5) is 9.64. The van der Waals surface area contributed by atoms with Crippen molar-refractivity contribution in [3.8, 4) is 0 Å². The van der Waals surface area contributed by atoms with Crippen molar-refractivity contribution in [2.75, 3.05) is 0 Å². The molecule has 5 heterocycles. The van der Waals surface area contributed by atoms with Gasteiger partial charge in [0.2, 0.25) is 0 Å². The van der Waals surface area contributed by atoms with Gasteiger partial charge in [-0.3, -0.25) is 42.5 Å². The molecule has 8 unspecified atom stereocenters. The Balaban J connectivity index is 0.000000560. The second kappa shape index (κ2) is 14.1. The molecule has 0 aromatic rings. The molecule has 5 aliphatic heterocycles. The Morgan fingerprint density at radius 3 is 0.644 bits per heavy atom. The summed E-state index contributed by atoms with van der Waals surface area (Å²) in [6.45, 7) is 1.41. The van der Waals surface area contributed by atoms with Crippen LogP contribution in [0.4, 0.5) is 0 Å². The summed E-state index contributed by atoms with van der Waals surface area (Å²) in [5.74, 6) is 5.82. The molecule has 9 fully saturated rings. The molecule has 0 amide bonds. The number of hydrogen-bond acceptors (Lipinski definition) is 10. The number of fused-ring (bicyclic) bond motifs is 20. The van der Waals surface area contributed by atoms with Crippen LogP contribution in [0, 0.1) is 47.3 Å². The molecule has 0 aromatic carbocycles. The van der Waals surface area contributed by atoms with Gasteiger partial charge in [-0.25, -0.2) is 0 Å². The van der Waals surface area contributed by atoms with Crippen molar-refractivity contribution in [2.45, 2.75) is 159 Å². The van der Waals surface area contributed by atoms with E-state index >= 15 is 0 Å². The van der Waals surface area contributed by atoms with Gasteiger partial charge in [-0.2, -0.15) is 0 Å². The molecule has 8 atom stereocenters. The van der Waals surface area contributed by atoms with E-state index in [4.69, 9.17) is 0 Å². The molecule has 9 rings (SSSR count). The quantitative estimate of drug-likeness (QED) is 0.187. The van der Waals surface area contributed by atoms with Gasteiger partial charge in [0, 0.05) is 0 Å². The molecule has 4 aliphatic carbocycles. The Labute approximate surface area is 286 Å². The summed E-state index contributed by atoms with van der Waals surface area (Å²) >= 11 is 0.101. The van der Waals surface area contributed by atoms with Gasteiger partial charge in [0.1, 0.15) is 0 Å². The van der Waals surface area contributed by atoms with Crippen LogP contribution in [0.15, 0.2) is 0 Å². The van der Waals surface area contributed by atoms with Crippen molar-refractivity contribution in [1.82, 2.24) is 42.5 Å². The van der Waals surface area contributed by atoms with E-state index in [-0.39, 0.29) is 30.8 Å². The summed E-state index contributed by atoms with van der Waals surface area (Å²) < 4.78 is 4.32. The van der Waals surface area contributed by atoms with Crippen molar-refractivity contribution in [3.63, 3.8) is 0 Å². The predicted molar refractivity (Wildman–Crippen MR) is 177 cm³/mol. The summed E-state index contributed by atoms with van der Waals surface area (Å²) in [5.41, 5.74) is 0. The minimum absolute atomic E-state index is 0.101. The third-order valence-corrected chi connectivity index (χ3v) is 15.7. The molecule has 0 aromatic heterocycles. The van der Waals surface area contributed by atoms with Gasteiger partial charge >= 0.3 is 45.4 Å². The summed E-state index contributed by atoms with van der Waals surface area (Å²) in [7, 11) is 0. The maximum atomic E-state index is 9.64. The Morgan fingerprint density at radius 1 is 0.400 bits per heavy atom. The van der Waals surface area contributed by atoms with Gasteiger partial charge < -0.3 is 0 Å². The van der Waals surface area contributed by atoms with Gasteiger partial charge in [-0.15, -0.1) is 0 Å². The average molecular weight is 729 g/mol. The van der Waals surface area contributed by atoms with Crippen molar-refractivity contribution in [1.29, 1.82) is 0 Å². The van der Waals surface area contributed by atoms with Crippen LogP contribution in [0.25, 0.3) is 0 Å². The van der Waals surface area contributed by atoms with E-state index in [9.17, 15) is 4.79 Å². The molecule has 0 spiro atoms. The maximum absolute atomic E-state index is 9.64. The van der Waals surface area contributed by atoms with Crippen molar-refractivity contribution < 1.29 is 7.65 Å². The van der Waals surface area contributed by atoms with E-state index in [1.54, 1.807) is 0 Å². The van der Waals surface area contributed by atoms with Gasteiger partial charge in [-0.05, 0) is 98.7 Å². The second-order valence-electron chi connectivity index (χ2n) is 16.3. The topological polar surface area (TPSA) is 123 Å². The molecular weight excluding hydrogens is 667 g/mol. The Hall–Kier alpha value is 0.0201. The molecule has 8 N–H and O–H groups in total. The van der Waals surface area contributed by atoms with Crippen LogP contribution in [-0.4, -0.2) is 80.1 Å². The van der Waals surface area contributed by atoms with Crippen LogP contribution < -0.4 is 42.5 Å². The first kappa shape index (κ1) is 32.2. The van der Waals surface area contributed by atoms with Gasteiger partial charge in [0.05, 0.1) is 49.3 Å². The van der Waals surface area contributed by atoms with Crippen LogP contribution >= 0.6 is 0 Å².